The van der Waals surface area contributed by atoms with Crippen LogP contribution in [0.3, 0.4) is 0 Å². The lowest BCUT2D eigenvalue weighted by Gasteiger charge is -2.38. The first kappa shape index (κ1) is 20.0. The molecule has 0 radical (unpaired) electrons. The highest BCUT2D eigenvalue weighted by Gasteiger charge is 2.41. The molecule has 0 aliphatic carbocycles. The van der Waals surface area contributed by atoms with Crippen LogP contribution in [0.4, 0.5) is 4.39 Å². The number of likely N-dealkylation sites (tertiary alicyclic amines) is 1. The molecule has 1 fully saturated rings. The van der Waals surface area contributed by atoms with Crippen LogP contribution in [0.1, 0.15) is 35.2 Å². The highest BCUT2D eigenvalue weighted by Crippen LogP contribution is 2.41. The minimum Gasteiger partial charge on any atom is -0.493 e. The van der Waals surface area contributed by atoms with Crippen LogP contribution < -0.4 is 9.47 Å². The molecule has 0 aromatic heterocycles. The predicted octanol–water partition coefficient (Wildman–Crippen LogP) is 4.42. The zero-order chi connectivity index (χ0) is 20.4. The van der Waals surface area contributed by atoms with E-state index in [2.05, 4.69) is 4.90 Å². The van der Waals surface area contributed by atoms with Crippen LogP contribution in [0.25, 0.3) is 0 Å². The van der Waals surface area contributed by atoms with E-state index in [-0.39, 0.29) is 16.9 Å². The lowest BCUT2D eigenvalue weighted by atomic mass is 9.87. The van der Waals surface area contributed by atoms with Gasteiger partial charge in [-0.2, -0.15) is 0 Å². The molecule has 0 unspecified atom stereocenters. The Hall–Kier alpha value is -2.31. The van der Waals surface area contributed by atoms with Gasteiger partial charge < -0.3 is 19.5 Å². The van der Waals surface area contributed by atoms with Gasteiger partial charge in [0.1, 0.15) is 28.5 Å². The summed E-state index contributed by atoms with van der Waals surface area (Å²) in [6, 6.07) is 9.28. The van der Waals surface area contributed by atoms with E-state index < -0.39 is 11.8 Å². The van der Waals surface area contributed by atoms with Crippen LogP contribution in [0.2, 0.25) is 5.02 Å². The van der Waals surface area contributed by atoms with Gasteiger partial charge in [0.05, 0.1) is 6.61 Å². The summed E-state index contributed by atoms with van der Waals surface area (Å²) in [5.41, 5.74) is 1.03. The highest BCUT2D eigenvalue weighted by molar-refractivity contribution is 6.30. The summed E-state index contributed by atoms with van der Waals surface area (Å²) in [4.78, 5) is 13.6. The number of fused-ring (bicyclic) bond motifs is 1. The number of rotatable bonds is 6. The normalized spacial score (nSPS) is 17.7. The number of hydrogen-bond donors (Lipinski definition) is 1. The maximum atomic E-state index is 13.4. The molecule has 0 bridgehead atoms. The van der Waals surface area contributed by atoms with Gasteiger partial charge in [-0.1, -0.05) is 11.6 Å². The molecule has 0 saturated carbocycles. The molecular weight excluding hydrogens is 397 g/mol. The summed E-state index contributed by atoms with van der Waals surface area (Å²) in [5, 5.41) is 9.91. The Labute approximate surface area is 174 Å². The van der Waals surface area contributed by atoms with E-state index in [0.717, 1.165) is 68.2 Å². The monoisotopic (exact) mass is 419 g/mol. The second kappa shape index (κ2) is 8.20. The molecule has 0 atom stereocenters. The molecule has 5 nitrogen and oxygen atoms in total. The van der Waals surface area contributed by atoms with E-state index in [1.54, 1.807) is 0 Å². The fourth-order valence-electron chi connectivity index (χ4n) is 4.13. The average molecular weight is 420 g/mol. The molecule has 2 aliphatic rings. The number of halogens is 2. The van der Waals surface area contributed by atoms with E-state index in [1.165, 1.54) is 11.6 Å². The van der Waals surface area contributed by atoms with Gasteiger partial charge in [-0.05, 0) is 42.3 Å². The number of hydrogen-bond acceptors (Lipinski definition) is 4. The molecule has 1 N–H and O–H groups in total. The fourth-order valence-corrected chi connectivity index (χ4v) is 4.32. The number of benzene rings is 2. The number of carbonyl (C=O) groups is 1. The molecule has 0 amide bonds. The van der Waals surface area contributed by atoms with Crippen molar-refractivity contribution >= 4 is 17.6 Å². The van der Waals surface area contributed by atoms with Crippen molar-refractivity contribution in [2.75, 3.05) is 26.2 Å². The van der Waals surface area contributed by atoms with Crippen molar-refractivity contribution in [2.45, 2.75) is 31.3 Å². The third kappa shape index (κ3) is 4.49. The summed E-state index contributed by atoms with van der Waals surface area (Å²) in [7, 11) is 0. The Morgan fingerprint density at radius 2 is 2.03 bits per heavy atom. The Morgan fingerprint density at radius 1 is 1.24 bits per heavy atom. The zero-order valence-corrected chi connectivity index (χ0v) is 16.8. The van der Waals surface area contributed by atoms with E-state index in [4.69, 9.17) is 26.2 Å². The van der Waals surface area contributed by atoms with Crippen LogP contribution in [0.15, 0.2) is 36.4 Å². The lowest BCUT2D eigenvalue weighted by Crippen LogP contribution is -2.47. The van der Waals surface area contributed by atoms with E-state index >= 15 is 0 Å². The number of carboxylic acid groups (broad SMARTS) is 1. The molecule has 7 heteroatoms. The summed E-state index contributed by atoms with van der Waals surface area (Å²) < 4.78 is 25.2. The first-order chi connectivity index (χ1) is 13.9. The summed E-state index contributed by atoms with van der Waals surface area (Å²) in [6.45, 7) is 3.04. The van der Waals surface area contributed by atoms with E-state index in [1.807, 2.05) is 18.2 Å². The van der Waals surface area contributed by atoms with Crippen molar-refractivity contribution in [1.82, 2.24) is 4.90 Å². The standard InChI is InChI=1S/C22H23ClFNO4/c23-16-2-5-19-15(12-16)14-22(29-19)6-9-25(10-7-22)8-1-11-28-20-13-17(24)3-4-18(20)21(26)27/h2-5,12-13H,1,6-11,14H2,(H,26,27). The minimum atomic E-state index is -1.12. The quantitative estimate of drug-likeness (QED) is 0.702. The van der Waals surface area contributed by atoms with Gasteiger partial charge in [0.25, 0.3) is 0 Å². The largest absolute Gasteiger partial charge is 0.493 e. The Bertz CT molecular complexity index is 912. The maximum absolute atomic E-state index is 13.4. The van der Waals surface area contributed by atoms with Crippen molar-refractivity contribution in [3.63, 3.8) is 0 Å². The van der Waals surface area contributed by atoms with Crippen LogP contribution in [-0.4, -0.2) is 47.8 Å². The molecule has 2 aromatic carbocycles. The average Bonchev–Trinajstić information content (AvgIpc) is 3.03. The van der Waals surface area contributed by atoms with Gasteiger partial charge in [0.15, 0.2) is 0 Å². The van der Waals surface area contributed by atoms with Gasteiger partial charge in [-0.15, -0.1) is 0 Å². The summed E-state index contributed by atoms with van der Waals surface area (Å²) in [6.07, 6.45) is 3.54. The van der Waals surface area contributed by atoms with Crippen molar-refractivity contribution in [3.05, 3.63) is 58.4 Å². The minimum absolute atomic E-state index is 0.0237. The third-order valence-corrected chi connectivity index (χ3v) is 5.91. The molecule has 29 heavy (non-hydrogen) atoms. The predicted molar refractivity (Wildman–Crippen MR) is 108 cm³/mol. The van der Waals surface area contributed by atoms with Gasteiger partial charge in [0.2, 0.25) is 0 Å². The van der Waals surface area contributed by atoms with Crippen molar-refractivity contribution < 1.29 is 23.8 Å². The molecular formula is C22H23ClFNO4. The second-order valence-electron chi connectivity index (χ2n) is 7.70. The molecule has 2 heterocycles. The molecule has 2 aromatic rings. The second-order valence-corrected chi connectivity index (χ2v) is 8.14. The smallest absolute Gasteiger partial charge is 0.339 e. The number of nitrogens with zero attached hydrogens (tertiary/aromatic N) is 1. The number of aromatic carboxylic acids is 1. The van der Waals surface area contributed by atoms with Crippen LogP contribution >= 0.6 is 11.6 Å². The van der Waals surface area contributed by atoms with Gasteiger partial charge in [-0.25, -0.2) is 9.18 Å². The molecule has 1 saturated heterocycles. The molecule has 1 spiro atoms. The van der Waals surface area contributed by atoms with Gasteiger partial charge in [-0.3, -0.25) is 0 Å². The first-order valence-corrected chi connectivity index (χ1v) is 10.2. The van der Waals surface area contributed by atoms with Crippen molar-refractivity contribution in [3.8, 4) is 11.5 Å². The van der Waals surface area contributed by atoms with E-state index in [9.17, 15) is 9.18 Å². The van der Waals surface area contributed by atoms with Crippen molar-refractivity contribution in [2.24, 2.45) is 0 Å². The number of carboxylic acids is 1. The zero-order valence-electron chi connectivity index (χ0n) is 16.0. The number of piperidine rings is 1. The Morgan fingerprint density at radius 3 is 2.79 bits per heavy atom. The summed E-state index contributed by atoms with van der Waals surface area (Å²) >= 11 is 6.10. The van der Waals surface area contributed by atoms with Gasteiger partial charge in [0, 0.05) is 50.0 Å². The Kier molecular flexibility index (Phi) is 5.65. The maximum Gasteiger partial charge on any atom is 0.339 e. The molecule has 4 rings (SSSR count). The summed E-state index contributed by atoms with van der Waals surface area (Å²) in [5.74, 6) is -0.614. The van der Waals surface area contributed by atoms with Gasteiger partial charge >= 0.3 is 5.97 Å². The Balaban J connectivity index is 1.24. The fraction of sp³-hybridized carbons (Fsp3) is 0.409. The van der Waals surface area contributed by atoms with Crippen molar-refractivity contribution in [1.29, 1.82) is 0 Å². The third-order valence-electron chi connectivity index (χ3n) is 5.68. The SMILES string of the molecule is O=C(O)c1ccc(F)cc1OCCCN1CCC2(CC1)Cc1cc(Cl)ccc1O2. The number of ether oxygens (including phenoxy) is 2. The van der Waals surface area contributed by atoms with Crippen LogP contribution in [-0.2, 0) is 6.42 Å². The first-order valence-electron chi connectivity index (χ1n) is 9.80. The van der Waals surface area contributed by atoms with Crippen LogP contribution in [0.5, 0.6) is 11.5 Å². The highest BCUT2D eigenvalue weighted by atomic mass is 35.5. The van der Waals surface area contributed by atoms with Crippen LogP contribution in [0, 0.1) is 5.82 Å². The molecule has 154 valence electrons. The van der Waals surface area contributed by atoms with E-state index in [0.29, 0.717) is 6.61 Å². The lowest BCUT2D eigenvalue weighted by molar-refractivity contribution is 0.0183. The topological polar surface area (TPSA) is 59.0 Å². The molecule has 2 aliphatic heterocycles.